The molecule has 0 saturated heterocycles. The van der Waals surface area contributed by atoms with Crippen molar-refractivity contribution < 1.29 is 14.9 Å². The molecular formula is C18H19ClN2O3S. The molecule has 0 aliphatic carbocycles. The van der Waals surface area contributed by atoms with Crippen molar-refractivity contribution in [2.24, 2.45) is 0 Å². The number of thioether (sulfide) groups is 1. The van der Waals surface area contributed by atoms with E-state index in [2.05, 4.69) is 4.98 Å². The van der Waals surface area contributed by atoms with E-state index in [0.717, 1.165) is 21.9 Å². The molecule has 25 heavy (non-hydrogen) atoms. The van der Waals surface area contributed by atoms with Crippen LogP contribution in [0.15, 0.2) is 53.7 Å². The number of aliphatic hydroxyl groups excluding tert-OH is 2. The summed E-state index contributed by atoms with van der Waals surface area (Å²) in [5.74, 6) is 1.48. The highest BCUT2D eigenvalue weighted by molar-refractivity contribution is 7.99. The number of hydrogen-bond donors (Lipinski definition) is 2. The van der Waals surface area contributed by atoms with E-state index in [0.29, 0.717) is 23.9 Å². The lowest BCUT2D eigenvalue weighted by molar-refractivity contribution is 0.0802. The zero-order chi connectivity index (χ0) is 17.6. The lowest BCUT2D eigenvalue weighted by Gasteiger charge is -2.12. The molecule has 0 unspecified atom stereocenters. The average Bonchev–Trinajstić information content (AvgIpc) is 2.98. The molecule has 1 heterocycles. The standard InChI is InChI=1S/C18H19ClN2O3S/c19-13-5-7-15(8-6-13)24-9-10-25-18-20-16-3-1-2-4-17(16)21(18)11-14(23)12-22/h1-8,14,22-23H,9-12H2/t14-/m1/s1. The number of rotatable bonds is 8. The minimum atomic E-state index is -0.817. The van der Waals surface area contributed by atoms with Crippen LogP contribution in [0.1, 0.15) is 0 Å². The highest BCUT2D eigenvalue weighted by Gasteiger charge is 2.14. The first-order valence-corrected chi connectivity index (χ1v) is 9.29. The second-order valence-electron chi connectivity index (χ2n) is 5.48. The predicted molar refractivity (Wildman–Crippen MR) is 100 cm³/mol. The van der Waals surface area contributed by atoms with E-state index in [4.69, 9.17) is 21.4 Å². The Hall–Kier alpha value is -1.73. The Kier molecular flexibility index (Phi) is 6.20. The van der Waals surface area contributed by atoms with Gasteiger partial charge in [-0.3, -0.25) is 0 Å². The average molecular weight is 379 g/mol. The Morgan fingerprint density at radius 2 is 1.92 bits per heavy atom. The molecule has 3 aromatic rings. The highest BCUT2D eigenvalue weighted by Crippen LogP contribution is 2.25. The maximum Gasteiger partial charge on any atom is 0.169 e. The SMILES string of the molecule is OC[C@H](O)Cn1c(SCCOc2ccc(Cl)cc2)nc2ccccc21. The molecule has 0 bridgehead atoms. The van der Waals surface area contributed by atoms with Gasteiger partial charge in [-0.2, -0.15) is 0 Å². The zero-order valence-corrected chi connectivity index (χ0v) is 15.1. The van der Waals surface area contributed by atoms with Gasteiger partial charge in [0.2, 0.25) is 0 Å². The molecule has 3 rings (SSSR count). The molecule has 0 saturated carbocycles. The number of ether oxygens (including phenoxy) is 1. The van der Waals surface area contributed by atoms with Gasteiger partial charge in [0.15, 0.2) is 5.16 Å². The summed E-state index contributed by atoms with van der Waals surface area (Å²) in [6, 6.07) is 15.0. The monoisotopic (exact) mass is 378 g/mol. The molecule has 1 aromatic heterocycles. The second kappa shape index (κ2) is 8.58. The number of fused-ring (bicyclic) bond motifs is 1. The van der Waals surface area contributed by atoms with Crippen molar-refractivity contribution in [1.29, 1.82) is 0 Å². The number of halogens is 1. The van der Waals surface area contributed by atoms with Gasteiger partial charge in [0.05, 0.1) is 36.9 Å². The Balaban J connectivity index is 1.65. The summed E-state index contributed by atoms with van der Waals surface area (Å²) in [5, 5.41) is 20.4. The van der Waals surface area contributed by atoms with Crippen LogP contribution in [0, 0.1) is 0 Å². The lowest BCUT2D eigenvalue weighted by atomic mass is 10.3. The van der Waals surface area contributed by atoms with Crippen molar-refractivity contribution in [2.45, 2.75) is 17.8 Å². The lowest BCUT2D eigenvalue weighted by Crippen LogP contribution is -2.20. The molecule has 2 N–H and O–H groups in total. The molecular weight excluding hydrogens is 360 g/mol. The molecule has 5 nitrogen and oxygen atoms in total. The molecule has 132 valence electrons. The maximum absolute atomic E-state index is 9.81. The van der Waals surface area contributed by atoms with E-state index < -0.39 is 6.10 Å². The Labute approximate surface area is 155 Å². The maximum atomic E-state index is 9.81. The number of aromatic nitrogens is 2. The number of hydrogen-bond acceptors (Lipinski definition) is 5. The van der Waals surface area contributed by atoms with Gasteiger partial charge in [-0.25, -0.2) is 4.98 Å². The Morgan fingerprint density at radius 1 is 1.16 bits per heavy atom. The van der Waals surface area contributed by atoms with E-state index in [9.17, 15) is 5.11 Å². The van der Waals surface area contributed by atoms with Gasteiger partial charge < -0.3 is 19.5 Å². The molecule has 1 atom stereocenters. The fourth-order valence-corrected chi connectivity index (χ4v) is 3.40. The fourth-order valence-electron chi connectivity index (χ4n) is 2.43. The summed E-state index contributed by atoms with van der Waals surface area (Å²) in [5.41, 5.74) is 1.81. The molecule has 0 aliphatic rings. The first kappa shape index (κ1) is 18.1. The predicted octanol–water partition coefficient (Wildman–Crippen LogP) is 3.21. The van der Waals surface area contributed by atoms with Crippen LogP contribution in [0.2, 0.25) is 5.02 Å². The fraction of sp³-hybridized carbons (Fsp3) is 0.278. The van der Waals surface area contributed by atoms with Crippen LogP contribution in [0.25, 0.3) is 11.0 Å². The van der Waals surface area contributed by atoms with Crippen LogP contribution in [0.4, 0.5) is 0 Å². The third-order valence-electron chi connectivity index (χ3n) is 3.62. The Bertz CT molecular complexity index is 823. The zero-order valence-electron chi connectivity index (χ0n) is 13.5. The molecule has 0 fully saturated rings. The van der Waals surface area contributed by atoms with Crippen molar-refractivity contribution in [3.8, 4) is 5.75 Å². The third kappa shape index (κ3) is 4.67. The number of para-hydroxylation sites is 2. The van der Waals surface area contributed by atoms with Gasteiger partial charge in [0.25, 0.3) is 0 Å². The quantitative estimate of drug-likeness (QED) is 0.465. The van der Waals surface area contributed by atoms with Gasteiger partial charge >= 0.3 is 0 Å². The van der Waals surface area contributed by atoms with Crippen molar-refractivity contribution in [3.63, 3.8) is 0 Å². The summed E-state index contributed by atoms with van der Waals surface area (Å²) >= 11 is 7.41. The summed E-state index contributed by atoms with van der Waals surface area (Å²) in [7, 11) is 0. The molecule has 0 radical (unpaired) electrons. The van der Waals surface area contributed by atoms with Gasteiger partial charge in [-0.05, 0) is 36.4 Å². The van der Waals surface area contributed by atoms with Crippen LogP contribution in [0.5, 0.6) is 5.75 Å². The minimum absolute atomic E-state index is 0.281. The van der Waals surface area contributed by atoms with Crippen molar-refractivity contribution in [2.75, 3.05) is 19.0 Å². The van der Waals surface area contributed by atoms with Gasteiger partial charge in [-0.15, -0.1) is 0 Å². The molecule has 0 spiro atoms. The summed E-state index contributed by atoms with van der Waals surface area (Å²) in [6.45, 7) is 0.547. The van der Waals surface area contributed by atoms with Crippen molar-refractivity contribution in [1.82, 2.24) is 9.55 Å². The first-order chi connectivity index (χ1) is 12.2. The molecule has 0 aliphatic heterocycles. The molecule has 7 heteroatoms. The van der Waals surface area contributed by atoms with Gasteiger partial charge in [-0.1, -0.05) is 35.5 Å². The summed E-state index contributed by atoms with van der Waals surface area (Å²) in [6.07, 6.45) is -0.817. The van der Waals surface area contributed by atoms with Crippen LogP contribution < -0.4 is 4.74 Å². The van der Waals surface area contributed by atoms with Gasteiger partial charge in [0.1, 0.15) is 5.75 Å². The summed E-state index contributed by atoms with van der Waals surface area (Å²) < 4.78 is 7.63. The van der Waals surface area contributed by atoms with Crippen molar-refractivity contribution in [3.05, 3.63) is 53.6 Å². The largest absolute Gasteiger partial charge is 0.493 e. The van der Waals surface area contributed by atoms with E-state index in [1.54, 1.807) is 23.9 Å². The van der Waals surface area contributed by atoms with E-state index in [1.807, 2.05) is 41.0 Å². The van der Waals surface area contributed by atoms with E-state index in [-0.39, 0.29) is 6.61 Å². The number of benzene rings is 2. The van der Waals surface area contributed by atoms with E-state index in [1.165, 1.54) is 0 Å². The summed E-state index contributed by atoms with van der Waals surface area (Å²) in [4.78, 5) is 4.62. The van der Waals surface area contributed by atoms with Crippen LogP contribution >= 0.6 is 23.4 Å². The number of aliphatic hydroxyl groups is 2. The topological polar surface area (TPSA) is 67.5 Å². The van der Waals surface area contributed by atoms with Crippen LogP contribution in [0.3, 0.4) is 0 Å². The normalized spacial score (nSPS) is 12.4. The Morgan fingerprint density at radius 3 is 2.68 bits per heavy atom. The van der Waals surface area contributed by atoms with Crippen molar-refractivity contribution >= 4 is 34.4 Å². The highest BCUT2D eigenvalue weighted by atomic mass is 35.5. The smallest absolute Gasteiger partial charge is 0.169 e. The van der Waals surface area contributed by atoms with Crippen LogP contribution in [-0.4, -0.2) is 44.8 Å². The third-order valence-corrected chi connectivity index (χ3v) is 4.81. The van der Waals surface area contributed by atoms with Crippen LogP contribution in [-0.2, 0) is 6.54 Å². The first-order valence-electron chi connectivity index (χ1n) is 7.92. The number of nitrogens with zero attached hydrogens (tertiary/aromatic N) is 2. The molecule has 2 aromatic carbocycles. The minimum Gasteiger partial charge on any atom is -0.493 e. The number of imidazole rings is 1. The van der Waals surface area contributed by atoms with E-state index >= 15 is 0 Å². The second-order valence-corrected chi connectivity index (χ2v) is 6.98. The molecule has 0 amide bonds. The van der Waals surface area contributed by atoms with Gasteiger partial charge in [0, 0.05) is 10.8 Å².